The van der Waals surface area contributed by atoms with E-state index in [0.29, 0.717) is 59.7 Å². The van der Waals surface area contributed by atoms with Gasteiger partial charge in [-0.2, -0.15) is 0 Å². The summed E-state index contributed by atoms with van der Waals surface area (Å²) in [4.78, 5) is 31.1. The maximum atomic E-state index is 14.3. The molecule has 0 aromatic heterocycles. The lowest BCUT2D eigenvalue weighted by atomic mass is 9.33. The van der Waals surface area contributed by atoms with E-state index in [4.69, 9.17) is 0 Å². The molecule has 2 heterocycles. The normalized spacial score (nSPS) is 41.4. The Hall–Kier alpha value is -2.96. The zero-order valence-corrected chi connectivity index (χ0v) is 35.4. The highest BCUT2D eigenvalue weighted by Gasteiger charge is 2.70. The van der Waals surface area contributed by atoms with Gasteiger partial charge in [0.2, 0.25) is 5.91 Å². The Kier molecular flexibility index (Phi) is 9.33. The third-order valence-electron chi connectivity index (χ3n) is 18.8. The molecule has 9 rings (SSSR count). The van der Waals surface area contributed by atoms with Crippen molar-refractivity contribution in [2.24, 2.45) is 57.2 Å². The summed E-state index contributed by atoms with van der Waals surface area (Å²) >= 11 is 0. The first-order valence-electron chi connectivity index (χ1n) is 22.5. The number of amides is 1. The smallest absolute Gasteiger partial charge is 0.335 e. The van der Waals surface area contributed by atoms with Crippen LogP contribution < -0.4 is 5.32 Å². The second kappa shape index (κ2) is 13.5. The minimum Gasteiger partial charge on any atom is -0.478 e. The summed E-state index contributed by atoms with van der Waals surface area (Å²) in [5, 5.41) is 13.4. The average molecular weight is 760 g/mol. The monoisotopic (exact) mass is 760 g/mol. The Balaban J connectivity index is 0.933. The number of benzene rings is 2. The van der Waals surface area contributed by atoms with Crippen molar-refractivity contribution in [2.75, 3.05) is 19.6 Å². The van der Waals surface area contributed by atoms with Crippen LogP contribution >= 0.6 is 0 Å². The molecule has 7 aliphatic rings. The number of allylic oxidation sites excluding steroid dienone is 2. The van der Waals surface area contributed by atoms with Crippen LogP contribution in [0.5, 0.6) is 0 Å². The van der Waals surface area contributed by atoms with Crippen LogP contribution in [0.1, 0.15) is 134 Å². The predicted molar refractivity (Wildman–Crippen MR) is 225 cm³/mol. The summed E-state index contributed by atoms with van der Waals surface area (Å²) in [7, 11) is 0. The number of carboxylic acids is 1. The van der Waals surface area contributed by atoms with E-state index in [9.17, 15) is 14.7 Å². The zero-order chi connectivity index (χ0) is 39.4. The van der Waals surface area contributed by atoms with Gasteiger partial charge in [-0.15, -0.1) is 0 Å². The lowest BCUT2D eigenvalue weighted by Gasteiger charge is -2.72. The number of nitrogens with one attached hydrogen (secondary N) is 1. The second-order valence-electron chi connectivity index (χ2n) is 21.7. The van der Waals surface area contributed by atoms with Crippen molar-refractivity contribution in [1.29, 1.82) is 0 Å². The molecule has 2 bridgehead atoms. The van der Waals surface area contributed by atoms with E-state index in [1.54, 1.807) is 12.1 Å². The van der Waals surface area contributed by atoms with E-state index in [1.165, 1.54) is 61.6 Å². The van der Waals surface area contributed by atoms with E-state index < -0.39 is 5.97 Å². The van der Waals surface area contributed by atoms with Crippen molar-refractivity contribution in [3.8, 4) is 0 Å². The summed E-state index contributed by atoms with van der Waals surface area (Å²) < 4.78 is 0. The van der Waals surface area contributed by atoms with Crippen LogP contribution in [0.3, 0.4) is 0 Å². The number of aromatic carboxylic acids is 1. The molecular weight excluding hydrogens is 691 g/mol. The molecule has 5 aliphatic carbocycles. The fourth-order valence-corrected chi connectivity index (χ4v) is 16.0. The number of fused-ring (bicyclic) bond motifs is 9. The van der Waals surface area contributed by atoms with Gasteiger partial charge in [-0.25, -0.2) is 4.79 Å². The second-order valence-corrected chi connectivity index (χ2v) is 21.7. The molecule has 1 amide bonds. The largest absolute Gasteiger partial charge is 0.478 e. The van der Waals surface area contributed by atoms with E-state index in [0.717, 1.165) is 38.9 Å². The van der Waals surface area contributed by atoms with Crippen LogP contribution in [0.2, 0.25) is 0 Å². The van der Waals surface area contributed by atoms with Crippen LogP contribution in [-0.2, 0) is 11.3 Å². The Morgan fingerprint density at radius 3 is 2.20 bits per heavy atom. The molecule has 302 valence electrons. The van der Waals surface area contributed by atoms with Crippen LogP contribution in [0.4, 0.5) is 0 Å². The molecule has 0 unspecified atom stereocenters. The summed E-state index contributed by atoms with van der Waals surface area (Å²) in [6, 6.07) is 19.5. The summed E-state index contributed by atoms with van der Waals surface area (Å²) in [5.41, 5.74) is 4.98. The molecule has 2 N–H and O–H groups in total. The van der Waals surface area contributed by atoms with Gasteiger partial charge in [0.15, 0.2) is 0 Å². The quantitative estimate of drug-likeness (QED) is 0.281. The highest BCUT2D eigenvalue weighted by Crippen LogP contribution is 2.76. The molecule has 11 atom stereocenters. The molecule has 2 aromatic carbocycles. The summed E-state index contributed by atoms with van der Waals surface area (Å²) in [5.74, 6) is 3.12. The molecule has 2 saturated heterocycles. The van der Waals surface area contributed by atoms with Crippen molar-refractivity contribution >= 4 is 17.4 Å². The molecule has 56 heavy (non-hydrogen) atoms. The van der Waals surface area contributed by atoms with Crippen molar-refractivity contribution in [3.05, 3.63) is 77.4 Å². The number of hydrogen-bond donors (Lipinski definition) is 2. The molecule has 6 heteroatoms. The number of likely N-dealkylation sites (tertiary alicyclic amines) is 2. The predicted octanol–water partition coefficient (Wildman–Crippen LogP) is 9.94. The number of carbonyl (C=O) groups excluding carboxylic acids is 1. The molecular formula is C50H69N3O3. The van der Waals surface area contributed by atoms with E-state index in [2.05, 4.69) is 100.0 Å². The minimum absolute atomic E-state index is 0.00599. The first-order chi connectivity index (χ1) is 26.6. The lowest BCUT2D eigenvalue weighted by Crippen LogP contribution is -2.68. The number of carboxylic acid groups (broad SMARTS) is 1. The van der Waals surface area contributed by atoms with Gasteiger partial charge >= 0.3 is 5.97 Å². The maximum absolute atomic E-state index is 14.3. The zero-order valence-electron chi connectivity index (χ0n) is 35.4. The highest BCUT2D eigenvalue weighted by atomic mass is 16.4. The molecule has 2 aliphatic heterocycles. The minimum atomic E-state index is -0.864. The van der Waals surface area contributed by atoms with Gasteiger partial charge in [-0.05, 0) is 150 Å². The third kappa shape index (κ3) is 5.75. The number of carbonyl (C=O) groups is 2. The van der Waals surface area contributed by atoms with Crippen LogP contribution in [0, 0.1) is 57.2 Å². The van der Waals surface area contributed by atoms with Crippen LogP contribution in [-0.4, -0.2) is 64.0 Å². The Labute approximate surface area is 337 Å². The molecule has 2 aromatic rings. The Bertz CT molecular complexity index is 1870. The van der Waals surface area contributed by atoms with Gasteiger partial charge in [-0.1, -0.05) is 97.0 Å². The standard InChI is InChI=1S/C50H69N3O3/c1-32(2)38-19-24-50(51-43(54)31-53-30-36-27-37(53)29-52(36)28-33-11-9-8-10-12-33)26-25-48(6)40(44(38)50)17-18-42-47(5)22-20-39(34-13-15-35(16-14-34)45(55)56)46(3,4)41(47)21-23-49(42,48)7/h8-16,20,32,36-38,40-42,44H,17-19,21-31H2,1-7H3,(H,51,54)(H,55,56)/t36-,37-,38-,40+,41-,42+,44+,47-,48+,49+,50-/m0/s1. The van der Waals surface area contributed by atoms with Crippen molar-refractivity contribution < 1.29 is 14.7 Å². The lowest BCUT2D eigenvalue weighted by molar-refractivity contribution is -0.221. The van der Waals surface area contributed by atoms with Crippen LogP contribution in [0.15, 0.2) is 60.7 Å². The first-order valence-corrected chi connectivity index (χ1v) is 22.5. The van der Waals surface area contributed by atoms with Crippen molar-refractivity contribution in [2.45, 2.75) is 137 Å². The van der Waals surface area contributed by atoms with Gasteiger partial charge in [0.25, 0.3) is 0 Å². The van der Waals surface area contributed by atoms with Gasteiger partial charge < -0.3 is 10.4 Å². The van der Waals surface area contributed by atoms with Crippen LogP contribution in [0.25, 0.3) is 5.57 Å². The maximum Gasteiger partial charge on any atom is 0.335 e. The van der Waals surface area contributed by atoms with E-state index >= 15 is 0 Å². The van der Waals surface area contributed by atoms with Gasteiger partial charge in [-0.3, -0.25) is 14.6 Å². The van der Waals surface area contributed by atoms with E-state index in [1.807, 2.05) is 12.1 Å². The van der Waals surface area contributed by atoms with Gasteiger partial charge in [0, 0.05) is 37.3 Å². The Morgan fingerprint density at radius 2 is 1.52 bits per heavy atom. The number of hydrogen-bond acceptors (Lipinski definition) is 4. The van der Waals surface area contributed by atoms with Gasteiger partial charge in [0.1, 0.15) is 0 Å². The summed E-state index contributed by atoms with van der Waals surface area (Å²) in [6.45, 7) is 21.6. The molecule has 0 radical (unpaired) electrons. The number of rotatable bonds is 8. The highest BCUT2D eigenvalue weighted by molar-refractivity contribution is 5.88. The van der Waals surface area contributed by atoms with E-state index in [-0.39, 0.29) is 33.1 Å². The SMILES string of the molecule is CC(C)[C@@H]1CC[C@]2(NC(=O)CN3C[C@@H]4C[C@H]3CN4Cc3ccccc3)CC[C@]3(C)[C@H](CC[C@@H]4[C@@]5(C)CC=C(c6ccc(C(=O)O)cc6)C(C)(C)[C@@H]5CC[C@]43C)[C@@H]12. The third-order valence-corrected chi connectivity index (χ3v) is 18.8. The molecule has 0 spiro atoms. The molecule has 6 fully saturated rings. The fraction of sp³-hybridized carbons (Fsp3) is 0.680. The molecule has 6 nitrogen and oxygen atoms in total. The molecule has 4 saturated carbocycles. The summed E-state index contributed by atoms with van der Waals surface area (Å²) in [6.07, 6.45) is 14.7. The fourth-order valence-electron chi connectivity index (χ4n) is 16.0. The number of nitrogens with zero attached hydrogens (tertiary/aromatic N) is 2. The van der Waals surface area contributed by atoms with Gasteiger partial charge in [0.05, 0.1) is 12.1 Å². The van der Waals surface area contributed by atoms with Crippen molar-refractivity contribution in [3.63, 3.8) is 0 Å². The topological polar surface area (TPSA) is 72.9 Å². The average Bonchev–Trinajstić information content (AvgIpc) is 3.85. The van der Waals surface area contributed by atoms with Crippen molar-refractivity contribution in [1.82, 2.24) is 15.1 Å². The number of piperazine rings is 1. The Morgan fingerprint density at radius 1 is 0.804 bits per heavy atom. The first kappa shape index (κ1) is 38.6.